The van der Waals surface area contributed by atoms with E-state index < -0.39 is 5.60 Å². The number of amides is 1. The number of para-hydroxylation sites is 1. The number of carbonyl (C=O) groups excluding carboxylic acids is 1. The molecule has 2 aliphatic heterocycles. The summed E-state index contributed by atoms with van der Waals surface area (Å²) in [5.74, 6) is -0.310. The number of likely N-dealkylation sites (N-methyl/N-ethyl adjacent to an activating group) is 1. The van der Waals surface area contributed by atoms with Crippen LogP contribution in [-0.4, -0.2) is 65.3 Å². The van der Waals surface area contributed by atoms with Gasteiger partial charge in [0, 0.05) is 55.4 Å². The first-order chi connectivity index (χ1) is 15.7. The van der Waals surface area contributed by atoms with E-state index in [0.29, 0.717) is 25.0 Å². The normalized spacial score (nSPS) is 27.2. The topological polar surface area (TPSA) is 59.9 Å². The number of piperidine rings is 1. The summed E-state index contributed by atoms with van der Waals surface area (Å²) in [5, 5.41) is 11.0. The predicted molar refractivity (Wildman–Crippen MR) is 134 cm³/mol. The number of rotatable bonds is 5. The molecule has 178 valence electrons. The number of nitrogens with zero attached hydrogens (tertiary/aromatic N) is 4. The first-order valence-corrected chi connectivity index (χ1v) is 12.2. The third-order valence-corrected chi connectivity index (χ3v) is 7.73. The summed E-state index contributed by atoms with van der Waals surface area (Å²) in [6.45, 7) is 10.8. The second-order valence-electron chi connectivity index (χ2n) is 10.5. The molecular weight excluding hydrogens is 412 g/mol. The highest BCUT2D eigenvalue weighted by Crippen LogP contribution is 2.39. The zero-order valence-electron chi connectivity index (χ0n) is 20.6. The fourth-order valence-corrected chi connectivity index (χ4v) is 5.63. The van der Waals surface area contributed by atoms with Gasteiger partial charge in [0.25, 0.3) is 0 Å². The SMILES string of the molecule is CC1CN(c2ccccc2CC2C(=O)N(c3cccnc3)CCC2C(C)(C)O)CC(C)N1C. The number of aromatic nitrogens is 1. The Morgan fingerprint density at radius 3 is 2.42 bits per heavy atom. The number of hydrogen-bond acceptors (Lipinski definition) is 5. The lowest BCUT2D eigenvalue weighted by Crippen LogP contribution is -2.55. The van der Waals surface area contributed by atoms with Crippen LogP contribution in [0.25, 0.3) is 0 Å². The molecule has 0 bridgehead atoms. The van der Waals surface area contributed by atoms with Crippen molar-refractivity contribution in [2.45, 2.75) is 58.2 Å². The molecule has 0 radical (unpaired) electrons. The molecule has 1 aromatic carbocycles. The van der Waals surface area contributed by atoms with Crippen molar-refractivity contribution in [1.82, 2.24) is 9.88 Å². The first kappa shape index (κ1) is 23.7. The molecule has 6 nitrogen and oxygen atoms in total. The Morgan fingerprint density at radius 1 is 1.09 bits per heavy atom. The number of hydrogen-bond donors (Lipinski definition) is 1. The Bertz CT molecular complexity index is 946. The van der Waals surface area contributed by atoms with Gasteiger partial charge in [-0.15, -0.1) is 0 Å². The minimum atomic E-state index is -0.923. The standard InChI is InChI=1S/C27H38N4O2/c1-19-17-30(18-20(2)29(19)5)25-11-7-6-9-21(25)15-23-24(27(3,4)33)12-14-31(26(23)32)22-10-8-13-28-16-22/h6-11,13,16,19-20,23-24,33H,12,14-15,17-18H2,1-5H3. The molecule has 3 heterocycles. The van der Waals surface area contributed by atoms with Gasteiger partial charge in [-0.3, -0.25) is 14.7 Å². The summed E-state index contributed by atoms with van der Waals surface area (Å²) in [4.78, 5) is 24.7. The average molecular weight is 451 g/mol. The van der Waals surface area contributed by atoms with Crippen LogP contribution < -0.4 is 9.80 Å². The van der Waals surface area contributed by atoms with Gasteiger partial charge in [0.05, 0.1) is 17.5 Å². The number of piperazine rings is 1. The minimum Gasteiger partial charge on any atom is -0.390 e. The maximum Gasteiger partial charge on any atom is 0.230 e. The van der Waals surface area contributed by atoms with Gasteiger partial charge in [0.15, 0.2) is 0 Å². The van der Waals surface area contributed by atoms with Crippen molar-refractivity contribution in [2.24, 2.45) is 11.8 Å². The van der Waals surface area contributed by atoms with Gasteiger partial charge in [0.1, 0.15) is 0 Å². The molecule has 2 aromatic rings. The van der Waals surface area contributed by atoms with E-state index in [1.807, 2.05) is 30.9 Å². The lowest BCUT2D eigenvalue weighted by Gasteiger charge is -2.45. The Hall–Kier alpha value is -2.44. The molecular formula is C27H38N4O2. The van der Waals surface area contributed by atoms with E-state index in [2.05, 4.69) is 59.9 Å². The number of aliphatic hydroxyl groups is 1. The quantitative estimate of drug-likeness (QED) is 0.754. The second kappa shape index (κ2) is 9.43. The Labute approximate surface area is 198 Å². The molecule has 4 atom stereocenters. The van der Waals surface area contributed by atoms with E-state index in [0.717, 1.165) is 25.2 Å². The van der Waals surface area contributed by atoms with Crippen LogP contribution in [0.1, 0.15) is 39.7 Å². The summed E-state index contributed by atoms with van der Waals surface area (Å²) < 4.78 is 0. The molecule has 0 saturated carbocycles. The largest absolute Gasteiger partial charge is 0.390 e. The van der Waals surface area contributed by atoms with E-state index in [9.17, 15) is 9.90 Å². The van der Waals surface area contributed by atoms with Crippen molar-refractivity contribution >= 4 is 17.3 Å². The highest BCUT2D eigenvalue weighted by molar-refractivity contribution is 5.96. The third kappa shape index (κ3) is 4.92. The zero-order chi connectivity index (χ0) is 23.8. The Morgan fingerprint density at radius 2 is 1.79 bits per heavy atom. The van der Waals surface area contributed by atoms with E-state index in [1.54, 1.807) is 12.4 Å². The van der Waals surface area contributed by atoms with Crippen molar-refractivity contribution in [1.29, 1.82) is 0 Å². The van der Waals surface area contributed by atoms with Crippen molar-refractivity contribution < 1.29 is 9.90 Å². The zero-order valence-corrected chi connectivity index (χ0v) is 20.6. The summed E-state index contributed by atoms with van der Waals surface area (Å²) in [6.07, 6.45) is 4.86. The Kier molecular flexibility index (Phi) is 6.78. The van der Waals surface area contributed by atoms with E-state index in [1.165, 1.54) is 11.3 Å². The average Bonchev–Trinajstić information content (AvgIpc) is 2.78. The molecule has 1 amide bonds. The maximum atomic E-state index is 13.8. The number of carbonyl (C=O) groups is 1. The van der Waals surface area contributed by atoms with E-state index in [4.69, 9.17) is 0 Å². The molecule has 2 aliphatic rings. The van der Waals surface area contributed by atoms with Gasteiger partial charge in [-0.05, 0) is 71.3 Å². The third-order valence-electron chi connectivity index (χ3n) is 7.73. The van der Waals surface area contributed by atoms with Gasteiger partial charge in [-0.25, -0.2) is 0 Å². The highest BCUT2D eigenvalue weighted by atomic mass is 16.3. The fourth-order valence-electron chi connectivity index (χ4n) is 5.63. The number of benzene rings is 1. The van der Waals surface area contributed by atoms with Gasteiger partial charge in [0.2, 0.25) is 5.91 Å². The predicted octanol–water partition coefficient (Wildman–Crippen LogP) is 3.59. The highest BCUT2D eigenvalue weighted by Gasteiger charge is 2.44. The molecule has 6 heteroatoms. The van der Waals surface area contributed by atoms with Gasteiger partial charge < -0.3 is 14.9 Å². The molecule has 33 heavy (non-hydrogen) atoms. The molecule has 1 N–H and O–H groups in total. The van der Waals surface area contributed by atoms with Gasteiger partial charge in [-0.2, -0.15) is 0 Å². The number of anilines is 2. The minimum absolute atomic E-state index is 0.0799. The van der Waals surface area contributed by atoms with Crippen molar-refractivity contribution in [2.75, 3.05) is 36.5 Å². The molecule has 4 unspecified atom stereocenters. The summed E-state index contributed by atoms with van der Waals surface area (Å²) in [6, 6.07) is 13.2. The van der Waals surface area contributed by atoms with Crippen molar-refractivity contribution in [3.05, 3.63) is 54.4 Å². The smallest absolute Gasteiger partial charge is 0.230 e. The monoisotopic (exact) mass is 450 g/mol. The maximum absolute atomic E-state index is 13.8. The molecule has 4 rings (SSSR count). The molecule has 2 saturated heterocycles. The molecule has 0 spiro atoms. The van der Waals surface area contributed by atoms with Crippen molar-refractivity contribution in [3.63, 3.8) is 0 Å². The van der Waals surface area contributed by atoms with Gasteiger partial charge in [-0.1, -0.05) is 18.2 Å². The lowest BCUT2D eigenvalue weighted by atomic mass is 9.72. The van der Waals surface area contributed by atoms with E-state index in [-0.39, 0.29) is 17.7 Å². The van der Waals surface area contributed by atoms with Crippen LogP contribution in [0.4, 0.5) is 11.4 Å². The van der Waals surface area contributed by atoms with Gasteiger partial charge >= 0.3 is 0 Å². The summed E-state index contributed by atoms with van der Waals surface area (Å²) >= 11 is 0. The van der Waals surface area contributed by atoms with Crippen LogP contribution in [0.5, 0.6) is 0 Å². The van der Waals surface area contributed by atoms with Crippen molar-refractivity contribution in [3.8, 4) is 0 Å². The van der Waals surface area contributed by atoms with E-state index >= 15 is 0 Å². The van der Waals surface area contributed by atoms with Crippen LogP contribution in [0.3, 0.4) is 0 Å². The van der Waals surface area contributed by atoms with Crippen LogP contribution in [0, 0.1) is 11.8 Å². The first-order valence-electron chi connectivity index (χ1n) is 12.2. The number of pyridine rings is 1. The van der Waals surface area contributed by atoms with Crippen LogP contribution in [0.15, 0.2) is 48.8 Å². The van der Waals surface area contributed by atoms with Crippen LogP contribution >= 0.6 is 0 Å². The Balaban J connectivity index is 1.65. The molecule has 1 aromatic heterocycles. The van der Waals surface area contributed by atoms with Crippen LogP contribution in [-0.2, 0) is 11.2 Å². The fraction of sp³-hybridized carbons (Fsp3) is 0.556. The second-order valence-corrected chi connectivity index (χ2v) is 10.5. The molecule has 0 aliphatic carbocycles. The summed E-state index contributed by atoms with van der Waals surface area (Å²) in [5.41, 5.74) is 2.30. The van der Waals surface area contributed by atoms with Crippen LogP contribution in [0.2, 0.25) is 0 Å². The molecule has 2 fully saturated rings. The summed E-state index contributed by atoms with van der Waals surface area (Å²) in [7, 11) is 2.19. The lowest BCUT2D eigenvalue weighted by molar-refractivity contribution is -0.131.